The molecule has 2 rings (SSSR count). The molecule has 2 aromatic rings. The molecule has 0 bridgehead atoms. The van der Waals surface area contributed by atoms with Crippen molar-refractivity contribution >= 4 is 5.69 Å². The first-order valence-electron chi connectivity index (χ1n) is 5.06. The Bertz CT molecular complexity index is 497. The summed E-state index contributed by atoms with van der Waals surface area (Å²) in [5.41, 5.74) is 9.64. The van der Waals surface area contributed by atoms with Gasteiger partial charge >= 0.3 is 0 Å². The quantitative estimate of drug-likeness (QED) is 0.836. The zero-order valence-electron chi connectivity index (χ0n) is 9.69. The minimum atomic E-state index is 0.687. The van der Waals surface area contributed by atoms with Gasteiger partial charge in [0.15, 0.2) is 0 Å². The van der Waals surface area contributed by atoms with E-state index in [2.05, 4.69) is 5.10 Å². The molecule has 4 heteroatoms. The summed E-state index contributed by atoms with van der Waals surface area (Å²) < 4.78 is 7.00. The molecule has 1 heterocycles. The number of nitrogens with two attached hydrogens (primary N) is 1. The lowest BCUT2D eigenvalue weighted by atomic mass is 10.1. The molecule has 0 radical (unpaired) electrons. The third-order valence-corrected chi connectivity index (χ3v) is 2.64. The fourth-order valence-corrected chi connectivity index (χ4v) is 1.83. The van der Waals surface area contributed by atoms with Crippen LogP contribution < -0.4 is 10.5 Å². The number of nitrogens with zero attached hydrogens (tertiary/aromatic N) is 2. The first-order valence-corrected chi connectivity index (χ1v) is 5.06. The average Bonchev–Trinajstić information content (AvgIpc) is 2.58. The number of hydrogen-bond donors (Lipinski definition) is 1. The summed E-state index contributed by atoms with van der Waals surface area (Å²) in [6, 6.07) is 5.97. The van der Waals surface area contributed by atoms with Gasteiger partial charge in [0.2, 0.25) is 0 Å². The van der Waals surface area contributed by atoms with E-state index in [4.69, 9.17) is 10.5 Å². The minimum absolute atomic E-state index is 0.687. The number of aryl methyl sites for hydroxylation is 2. The summed E-state index contributed by atoms with van der Waals surface area (Å²) in [6.07, 6.45) is 1.66. The van der Waals surface area contributed by atoms with Gasteiger partial charge in [0, 0.05) is 12.6 Å². The van der Waals surface area contributed by atoms with Gasteiger partial charge in [-0.25, -0.2) is 0 Å². The third kappa shape index (κ3) is 1.62. The van der Waals surface area contributed by atoms with Crippen LogP contribution in [0.3, 0.4) is 0 Å². The van der Waals surface area contributed by atoms with Gasteiger partial charge < -0.3 is 10.5 Å². The molecule has 0 atom stereocenters. The summed E-state index contributed by atoms with van der Waals surface area (Å²) in [5, 5.41) is 4.13. The van der Waals surface area contributed by atoms with E-state index in [1.54, 1.807) is 18.0 Å². The lowest BCUT2D eigenvalue weighted by molar-refractivity contribution is 0.412. The zero-order chi connectivity index (χ0) is 11.7. The minimum Gasteiger partial charge on any atom is -0.496 e. The van der Waals surface area contributed by atoms with E-state index in [9.17, 15) is 0 Å². The van der Waals surface area contributed by atoms with Crippen molar-refractivity contribution in [2.24, 2.45) is 7.05 Å². The Hall–Kier alpha value is -1.97. The monoisotopic (exact) mass is 217 g/mol. The van der Waals surface area contributed by atoms with Crippen molar-refractivity contribution in [2.45, 2.75) is 6.92 Å². The van der Waals surface area contributed by atoms with Gasteiger partial charge in [-0.05, 0) is 30.7 Å². The normalized spacial score (nSPS) is 10.4. The highest BCUT2D eigenvalue weighted by molar-refractivity contribution is 5.73. The maximum atomic E-state index is 5.88. The summed E-state index contributed by atoms with van der Waals surface area (Å²) >= 11 is 0. The highest BCUT2D eigenvalue weighted by atomic mass is 16.5. The molecule has 0 amide bonds. The number of nitrogen functional groups attached to an aromatic ring is 1. The molecule has 84 valence electrons. The van der Waals surface area contributed by atoms with Crippen molar-refractivity contribution in [1.82, 2.24) is 9.78 Å². The first kappa shape index (κ1) is 10.5. The van der Waals surface area contributed by atoms with E-state index in [-0.39, 0.29) is 0 Å². The lowest BCUT2D eigenvalue weighted by Crippen LogP contribution is -1.96. The summed E-state index contributed by atoms with van der Waals surface area (Å²) in [7, 11) is 3.55. The molecule has 0 fully saturated rings. The van der Waals surface area contributed by atoms with Crippen LogP contribution >= 0.6 is 0 Å². The van der Waals surface area contributed by atoms with E-state index >= 15 is 0 Å². The standard InChI is InChI=1S/C12H15N3O/c1-8-6-9(4-5-11(8)16-3)12-10(13)7-14-15(12)2/h4-7H,13H2,1-3H3. The predicted octanol–water partition coefficient (Wildman–Crippen LogP) is 1.99. The second kappa shape index (κ2) is 3.89. The lowest BCUT2D eigenvalue weighted by Gasteiger charge is -2.08. The summed E-state index contributed by atoms with van der Waals surface area (Å²) in [5.74, 6) is 0.879. The molecule has 4 nitrogen and oxygen atoms in total. The number of aromatic nitrogens is 2. The van der Waals surface area contributed by atoms with Crippen molar-refractivity contribution in [2.75, 3.05) is 12.8 Å². The predicted molar refractivity (Wildman–Crippen MR) is 64.3 cm³/mol. The van der Waals surface area contributed by atoms with E-state index in [1.807, 2.05) is 32.2 Å². The van der Waals surface area contributed by atoms with Crippen molar-refractivity contribution in [3.63, 3.8) is 0 Å². The molecule has 0 saturated carbocycles. The van der Waals surface area contributed by atoms with Crippen LogP contribution in [-0.4, -0.2) is 16.9 Å². The van der Waals surface area contributed by atoms with E-state index < -0.39 is 0 Å². The Kier molecular flexibility index (Phi) is 2.56. The molecule has 1 aromatic carbocycles. The SMILES string of the molecule is COc1ccc(-c2c(N)cnn2C)cc1C. The maximum absolute atomic E-state index is 5.88. The van der Waals surface area contributed by atoms with Crippen LogP contribution in [0.15, 0.2) is 24.4 Å². The molecule has 16 heavy (non-hydrogen) atoms. The summed E-state index contributed by atoms with van der Waals surface area (Å²) in [6.45, 7) is 2.01. The molecular weight excluding hydrogens is 202 g/mol. The van der Waals surface area contributed by atoms with Gasteiger partial charge in [-0.2, -0.15) is 5.10 Å². The Balaban J connectivity index is 2.53. The molecule has 0 aliphatic heterocycles. The van der Waals surface area contributed by atoms with Gasteiger partial charge in [-0.15, -0.1) is 0 Å². The summed E-state index contributed by atoms with van der Waals surface area (Å²) in [4.78, 5) is 0. The molecule has 0 unspecified atom stereocenters. The van der Waals surface area contributed by atoms with Crippen molar-refractivity contribution in [3.05, 3.63) is 30.0 Å². The van der Waals surface area contributed by atoms with Crippen LogP contribution in [0.25, 0.3) is 11.3 Å². The van der Waals surface area contributed by atoms with E-state index in [0.29, 0.717) is 5.69 Å². The van der Waals surface area contributed by atoms with Crippen molar-refractivity contribution in [3.8, 4) is 17.0 Å². The van der Waals surface area contributed by atoms with Gasteiger partial charge in [-0.1, -0.05) is 0 Å². The molecule has 0 aliphatic rings. The Morgan fingerprint density at radius 1 is 1.38 bits per heavy atom. The van der Waals surface area contributed by atoms with Gasteiger partial charge in [0.05, 0.1) is 24.7 Å². The van der Waals surface area contributed by atoms with Crippen molar-refractivity contribution < 1.29 is 4.74 Å². The van der Waals surface area contributed by atoms with Gasteiger partial charge in [0.1, 0.15) is 5.75 Å². The third-order valence-electron chi connectivity index (χ3n) is 2.64. The molecule has 0 aliphatic carbocycles. The van der Waals surface area contributed by atoms with Crippen LogP contribution in [0, 0.1) is 6.92 Å². The smallest absolute Gasteiger partial charge is 0.121 e. The second-order valence-electron chi connectivity index (χ2n) is 3.76. The fourth-order valence-electron chi connectivity index (χ4n) is 1.83. The molecular formula is C12H15N3O. The molecule has 0 saturated heterocycles. The Morgan fingerprint density at radius 3 is 2.62 bits per heavy atom. The number of rotatable bonds is 2. The Labute approximate surface area is 94.6 Å². The number of methoxy groups -OCH3 is 1. The zero-order valence-corrected chi connectivity index (χ0v) is 9.69. The van der Waals surface area contributed by atoms with Crippen LogP contribution in [0.2, 0.25) is 0 Å². The highest BCUT2D eigenvalue weighted by Crippen LogP contribution is 2.29. The fraction of sp³-hybridized carbons (Fsp3) is 0.250. The molecule has 1 aromatic heterocycles. The number of ether oxygens (including phenoxy) is 1. The van der Waals surface area contributed by atoms with Gasteiger partial charge in [-0.3, -0.25) is 4.68 Å². The number of anilines is 1. The number of hydrogen-bond acceptors (Lipinski definition) is 3. The van der Waals surface area contributed by atoms with E-state index in [0.717, 1.165) is 22.6 Å². The van der Waals surface area contributed by atoms with Gasteiger partial charge in [0.25, 0.3) is 0 Å². The van der Waals surface area contributed by atoms with E-state index in [1.165, 1.54) is 0 Å². The molecule has 0 spiro atoms. The largest absolute Gasteiger partial charge is 0.496 e. The van der Waals surface area contributed by atoms with Crippen molar-refractivity contribution in [1.29, 1.82) is 0 Å². The van der Waals surface area contributed by atoms with Crippen LogP contribution in [0.4, 0.5) is 5.69 Å². The van der Waals surface area contributed by atoms with Crippen LogP contribution in [0.1, 0.15) is 5.56 Å². The average molecular weight is 217 g/mol. The van der Waals surface area contributed by atoms with Crippen LogP contribution in [0.5, 0.6) is 5.75 Å². The Morgan fingerprint density at radius 2 is 2.12 bits per heavy atom. The highest BCUT2D eigenvalue weighted by Gasteiger charge is 2.09. The number of benzene rings is 1. The first-order chi connectivity index (χ1) is 7.63. The molecule has 2 N–H and O–H groups in total. The maximum Gasteiger partial charge on any atom is 0.121 e. The topological polar surface area (TPSA) is 53.1 Å². The van der Waals surface area contributed by atoms with Crippen LogP contribution in [-0.2, 0) is 7.05 Å². The second-order valence-corrected chi connectivity index (χ2v) is 3.76.